The van der Waals surface area contributed by atoms with Crippen LogP contribution in [0.5, 0.6) is 0 Å². The van der Waals surface area contributed by atoms with Gasteiger partial charge in [0.25, 0.3) is 0 Å². The Balaban J connectivity index is 2.76. The molecule has 1 aromatic carbocycles. The maximum Gasteiger partial charge on any atom is 0.225 e. The minimum absolute atomic E-state index is 0.145. The first kappa shape index (κ1) is 15.1. The minimum Gasteiger partial charge on any atom is -0.611 e. The molecule has 20 heavy (non-hydrogen) atoms. The van der Waals surface area contributed by atoms with E-state index >= 15 is 0 Å². The van der Waals surface area contributed by atoms with Crippen molar-refractivity contribution in [3.8, 4) is 17.2 Å². The van der Waals surface area contributed by atoms with Gasteiger partial charge in [-0.05, 0) is 35.8 Å². The Morgan fingerprint density at radius 1 is 1.40 bits per heavy atom. The highest BCUT2D eigenvalue weighted by Gasteiger charge is 2.27. The summed E-state index contributed by atoms with van der Waals surface area (Å²) in [5.74, 6) is -0.145. The molecule has 0 saturated carbocycles. The number of carbonyl (C=O) groups is 1. The van der Waals surface area contributed by atoms with Gasteiger partial charge in [-0.25, -0.2) is 0 Å². The molecule has 1 unspecified atom stereocenters. The van der Waals surface area contributed by atoms with Crippen molar-refractivity contribution in [1.82, 2.24) is 0 Å². The number of thiophene rings is 1. The zero-order valence-corrected chi connectivity index (χ0v) is 13.2. The van der Waals surface area contributed by atoms with E-state index in [1.807, 2.05) is 0 Å². The van der Waals surface area contributed by atoms with Crippen LogP contribution in [0.15, 0.2) is 28.5 Å². The van der Waals surface area contributed by atoms with E-state index in [1.54, 1.807) is 24.3 Å². The zero-order valence-electron chi connectivity index (χ0n) is 10.8. The molecule has 6 heteroatoms. The third-order valence-electron chi connectivity index (χ3n) is 2.70. The van der Waals surface area contributed by atoms with Gasteiger partial charge in [0.2, 0.25) is 4.21 Å². The zero-order chi connectivity index (χ0) is 14.9. The minimum atomic E-state index is -1.31. The number of nitriles is 1. The monoisotopic (exact) mass is 323 g/mol. The van der Waals surface area contributed by atoms with Crippen LogP contribution in [-0.4, -0.2) is 16.6 Å². The summed E-state index contributed by atoms with van der Waals surface area (Å²) in [7, 11) is 0. The van der Waals surface area contributed by atoms with E-state index in [0.717, 1.165) is 16.9 Å². The van der Waals surface area contributed by atoms with Crippen molar-refractivity contribution in [2.24, 2.45) is 0 Å². The molecule has 0 bridgehead atoms. The molecule has 0 N–H and O–H groups in total. The highest BCUT2D eigenvalue weighted by atomic mass is 35.5. The number of benzene rings is 1. The molecule has 0 aliphatic rings. The van der Waals surface area contributed by atoms with E-state index in [4.69, 9.17) is 11.6 Å². The molecule has 2 aromatic rings. The van der Waals surface area contributed by atoms with Gasteiger partial charge >= 0.3 is 0 Å². The van der Waals surface area contributed by atoms with Crippen molar-refractivity contribution in [3.05, 3.63) is 39.7 Å². The van der Waals surface area contributed by atoms with Crippen LogP contribution in [0.2, 0.25) is 5.02 Å². The van der Waals surface area contributed by atoms with Crippen molar-refractivity contribution in [1.29, 1.82) is 5.26 Å². The van der Waals surface area contributed by atoms with Crippen LogP contribution < -0.4 is 0 Å². The summed E-state index contributed by atoms with van der Waals surface area (Å²) in [6.07, 6.45) is 1.50. The molecule has 102 valence electrons. The van der Waals surface area contributed by atoms with Crippen LogP contribution in [0.4, 0.5) is 0 Å². The first-order valence-electron chi connectivity index (χ1n) is 5.63. The average Bonchev–Trinajstić information content (AvgIpc) is 2.79. The Kier molecular flexibility index (Phi) is 4.51. The van der Waals surface area contributed by atoms with E-state index in [9.17, 15) is 14.6 Å². The maximum atomic E-state index is 11.8. The van der Waals surface area contributed by atoms with Crippen LogP contribution >= 0.6 is 22.9 Å². The van der Waals surface area contributed by atoms with E-state index in [0.29, 0.717) is 25.2 Å². The topological polar surface area (TPSA) is 63.9 Å². The molecular formula is C14H10ClNO2S2. The molecule has 0 aliphatic heterocycles. The average molecular weight is 324 g/mol. The predicted octanol–water partition coefficient (Wildman–Crippen LogP) is 3.88. The Bertz CT molecular complexity index is 699. The molecule has 0 amide bonds. The smallest absolute Gasteiger partial charge is 0.225 e. The molecule has 1 aromatic heterocycles. The van der Waals surface area contributed by atoms with Crippen molar-refractivity contribution in [2.75, 3.05) is 6.26 Å². The van der Waals surface area contributed by atoms with Crippen molar-refractivity contribution < 1.29 is 9.35 Å². The van der Waals surface area contributed by atoms with Crippen LogP contribution in [0.25, 0.3) is 11.1 Å². The molecule has 0 spiro atoms. The summed E-state index contributed by atoms with van der Waals surface area (Å²) in [5, 5.41) is 9.92. The van der Waals surface area contributed by atoms with Gasteiger partial charge in [0.15, 0.2) is 5.78 Å². The molecule has 0 aliphatic carbocycles. The van der Waals surface area contributed by atoms with Gasteiger partial charge in [-0.1, -0.05) is 35.1 Å². The SMILES string of the molecule is CC(=O)c1sc([S+](C)[O-])c(C#N)c1-c1ccc(Cl)cc1. The summed E-state index contributed by atoms with van der Waals surface area (Å²) in [4.78, 5) is 12.2. The predicted molar refractivity (Wildman–Crippen MR) is 81.8 cm³/mol. The fourth-order valence-corrected chi connectivity index (χ4v) is 4.04. The fraction of sp³-hybridized carbons (Fsp3) is 0.143. The number of ketones is 1. The van der Waals surface area contributed by atoms with E-state index in [1.165, 1.54) is 13.2 Å². The van der Waals surface area contributed by atoms with Crippen LogP contribution in [-0.2, 0) is 11.2 Å². The molecule has 0 fully saturated rings. The normalized spacial score (nSPS) is 11.9. The van der Waals surface area contributed by atoms with Crippen LogP contribution in [0, 0.1) is 11.3 Å². The molecule has 1 atom stereocenters. The number of halogens is 1. The third kappa shape index (κ3) is 2.74. The highest BCUT2D eigenvalue weighted by molar-refractivity contribution is 7.92. The summed E-state index contributed by atoms with van der Waals surface area (Å²) in [5.41, 5.74) is 1.58. The maximum absolute atomic E-state index is 11.8. The largest absolute Gasteiger partial charge is 0.611 e. The molecular weight excluding hydrogens is 314 g/mol. The second-order valence-corrected chi connectivity index (χ2v) is 7.13. The van der Waals surface area contributed by atoms with Crippen molar-refractivity contribution >= 4 is 39.9 Å². The quantitative estimate of drug-likeness (QED) is 0.636. The van der Waals surface area contributed by atoms with Crippen molar-refractivity contribution in [2.45, 2.75) is 11.1 Å². The fourth-order valence-electron chi connectivity index (χ4n) is 1.85. The van der Waals surface area contributed by atoms with E-state index in [-0.39, 0.29) is 5.78 Å². The Morgan fingerprint density at radius 2 is 2.00 bits per heavy atom. The molecule has 3 nitrogen and oxygen atoms in total. The highest BCUT2D eigenvalue weighted by Crippen LogP contribution is 2.39. The second-order valence-electron chi connectivity index (χ2n) is 4.10. The summed E-state index contributed by atoms with van der Waals surface area (Å²) < 4.78 is 12.2. The first-order valence-corrected chi connectivity index (χ1v) is 8.38. The number of hydrogen-bond acceptors (Lipinski definition) is 4. The number of rotatable bonds is 3. The van der Waals surface area contributed by atoms with Gasteiger partial charge in [-0.2, -0.15) is 5.26 Å². The van der Waals surface area contributed by atoms with Crippen molar-refractivity contribution in [3.63, 3.8) is 0 Å². The van der Waals surface area contributed by atoms with Gasteiger partial charge in [-0.15, -0.1) is 0 Å². The Labute approximate surface area is 129 Å². The van der Waals surface area contributed by atoms with E-state index < -0.39 is 11.2 Å². The Hall–Kier alpha value is -1.32. The van der Waals surface area contributed by atoms with Gasteiger partial charge in [0.05, 0.1) is 4.88 Å². The van der Waals surface area contributed by atoms with Gasteiger partial charge in [0.1, 0.15) is 17.9 Å². The lowest BCUT2D eigenvalue weighted by molar-refractivity contribution is 0.102. The molecule has 1 heterocycles. The lowest BCUT2D eigenvalue weighted by atomic mass is 10.0. The molecule has 2 rings (SSSR count). The number of nitrogens with zero attached hydrogens (tertiary/aromatic N) is 1. The van der Waals surface area contributed by atoms with Gasteiger partial charge < -0.3 is 4.55 Å². The standard InChI is InChI=1S/C14H10ClNO2S2/c1-8(17)13-12(9-3-5-10(15)6-4-9)11(7-16)14(19-13)20(2)18/h3-6H,1-2H3. The number of carbonyl (C=O) groups excluding carboxylic acids is 1. The number of hydrogen-bond donors (Lipinski definition) is 0. The van der Waals surface area contributed by atoms with Crippen LogP contribution in [0.1, 0.15) is 22.2 Å². The lowest BCUT2D eigenvalue weighted by Gasteiger charge is -2.03. The first-order chi connectivity index (χ1) is 9.45. The Morgan fingerprint density at radius 3 is 2.45 bits per heavy atom. The molecule has 0 saturated heterocycles. The molecule has 0 radical (unpaired) electrons. The number of Topliss-reactive ketones (excluding diaryl/α,β-unsaturated/α-hetero) is 1. The van der Waals surface area contributed by atoms with Gasteiger partial charge in [-0.3, -0.25) is 4.79 Å². The third-order valence-corrected chi connectivity index (χ3v) is 5.72. The van der Waals surface area contributed by atoms with Gasteiger partial charge in [0, 0.05) is 10.6 Å². The van der Waals surface area contributed by atoms with Crippen LogP contribution in [0.3, 0.4) is 0 Å². The summed E-state index contributed by atoms with van der Waals surface area (Å²) in [6.45, 7) is 1.44. The summed E-state index contributed by atoms with van der Waals surface area (Å²) in [6, 6.07) is 8.96. The lowest BCUT2D eigenvalue weighted by Crippen LogP contribution is -1.96. The summed E-state index contributed by atoms with van der Waals surface area (Å²) >= 11 is 5.67. The van der Waals surface area contributed by atoms with E-state index in [2.05, 4.69) is 6.07 Å². The second kappa shape index (κ2) is 5.98.